The molecule has 0 N–H and O–H groups in total. The molecule has 2 rings (SSSR count). The number of rotatable bonds is 4. The van der Waals surface area contributed by atoms with E-state index < -0.39 is 10.1 Å². The fourth-order valence-corrected chi connectivity index (χ4v) is 2.49. The average Bonchev–Trinajstić information content (AvgIpc) is 2.30. The molecule has 90 valence electrons. The normalized spacial score (nSPS) is 10.4. The van der Waals surface area contributed by atoms with Gasteiger partial charge in [-0.25, -0.2) is 0 Å². The summed E-state index contributed by atoms with van der Waals surface area (Å²) in [6.45, 7) is 0. The predicted molar refractivity (Wildman–Crippen MR) is 73.3 cm³/mol. The van der Waals surface area contributed by atoms with E-state index in [1.54, 1.807) is 54.6 Å². The standard InChI is InChI=1S/C13H12O3S.Na.H/c14-17(15,11-12-7-3-1-4-8-12)16-13-9-5-2-6-10-13;;/h1-10H,11H2;;. The van der Waals surface area contributed by atoms with Crippen LogP contribution in [0, 0.1) is 0 Å². The van der Waals surface area contributed by atoms with E-state index in [-0.39, 0.29) is 35.3 Å². The molecular formula is C13H13NaO3S. The molecule has 0 unspecified atom stereocenters. The predicted octanol–water partition coefficient (Wildman–Crippen LogP) is 1.95. The van der Waals surface area contributed by atoms with Crippen molar-refractivity contribution in [3.63, 3.8) is 0 Å². The molecule has 0 saturated carbocycles. The van der Waals surface area contributed by atoms with Crippen LogP contribution in [0.15, 0.2) is 60.7 Å². The van der Waals surface area contributed by atoms with Gasteiger partial charge in [0.15, 0.2) is 0 Å². The van der Waals surface area contributed by atoms with Gasteiger partial charge in [0.05, 0.1) is 0 Å². The van der Waals surface area contributed by atoms with Crippen molar-refractivity contribution in [2.24, 2.45) is 0 Å². The maximum absolute atomic E-state index is 11.7. The maximum atomic E-state index is 11.7. The van der Waals surface area contributed by atoms with Crippen LogP contribution < -0.4 is 4.18 Å². The first kappa shape index (κ1) is 15.2. The first-order chi connectivity index (χ1) is 8.16. The monoisotopic (exact) mass is 272 g/mol. The quantitative estimate of drug-likeness (QED) is 0.631. The average molecular weight is 272 g/mol. The third kappa shape index (κ3) is 4.82. The molecule has 0 spiro atoms. The van der Waals surface area contributed by atoms with Crippen molar-refractivity contribution >= 4 is 39.7 Å². The van der Waals surface area contributed by atoms with Crippen molar-refractivity contribution < 1.29 is 12.6 Å². The summed E-state index contributed by atoms with van der Waals surface area (Å²) in [5.74, 6) is 0.214. The Balaban J connectivity index is 0.00000162. The molecule has 0 fully saturated rings. The van der Waals surface area contributed by atoms with Gasteiger partial charge >= 0.3 is 39.7 Å². The van der Waals surface area contributed by atoms with Gasteiger partial charge in [0.1, 0.15) is 11.5 Å². The van der Waals surface area contributed by atoms with Crippen molar-refractivity contribution in [3.05, 3.63) is 66.2 Å². The van der Waals surface area contributed by atoms with Crippen molar-refractivity contribution in [3.8, 4) is 5.75 Å². The summed E-state index contributed by atoms with van der Waals surface area (Å²) in [6.07, 6.45) is 0. The molecule has 2 aromatic carbocycles. The molecule has 0 atom stereocenters. The van der Waals surface area contributed by atoms with Gasteiger partial charge in [-0.2, -0.15) is 8.42 Å². The van der Waals surface area contributed by atoms with Gasteiger partial charge in [0.25, 0.3) is 0 Å². The van der Waals surface area contributed by atoms with Crippen LogP contribution in [0.5, 0.6) is 5.75 Å². The molecule has 0 amide bonds. The molecule has 2 aromatic rings. The first-order valence-corrected chi connectivity index (χ1v) is 6.75. The molecule has 0 aliphatic rings. The van der Waals surface area contributed by atoms with E-state index in [2.05, 4.69) is 0 Å². The zero-order chi connectivity index (χ0) is 12.1. The van der Waals surface area contributed by atoms with Crippen LogP contribution in [0.3, 0.4) is 0 Å². The van der Waals surface area contributed by atoms with Gasteiger partial charge < -0.3 is 4.18 Å². The summed E-state index contributed by atoms with van der Waals surface area (Å²) in [5.41, 5.74) is 0.712. The van der Waals surface area contributed by atoms with Gasteiger partial charge in [0.2, 0.25) is 0 Å². The topological polar surface area (TPSA) is 43.4 Å². The van der Waals surface area contributed by atoms with Crippen molar-refractivity contribution in [1.29, 1.82) is 0 Å². The van der Waals surface area contributed by atoms with Crippen LogP contribution in [0.4, 0.5) is 0 Å². The van der Waals surface area contributed by atoms with E-state index in [0.717, 1.165) is 0 Å². The molecule has 0 radical (unpaired) electrons. The Morgan fingerprint density at radius 1 is 0.833 bits per heavy atom. The molecule has 18 heavy (non-hydrogen) atoms. The molecule has 0 aromatic heterocycles. The SMILES string of the molecule is O=S(=O)(Cc1ccccc1)Oc1ccccc1.[NaH]. The molecule has 0 heterocycles. The third-order valence-electron chi connectivity index (χ3n) is 2.15. The molecule has 5 heteroatoms. The fraction of sp³-hybridized carbons (Fsp3) is 0.0769. The molecule has 0 bridgehead atoms. The number of hydrogen-bond donors (Lipinski definition) is 0. The van der Waals surface area contributed by atoms with Crippen LogP contribution in [0.2, 0.25) is 0 Å². The number of para-hydroxylation sites is 1. The molecule has 0 saturated heterocycles. The second-order valence-corrected chi connectivity index (χ2v) is 5.15. The van der Waals surface area contributed by atoms with Gasteiger partial charge in [-0.1, -0.05) is 48.5 Å². The Labute approximate surface area is 129 Å². The van der Waals surface area contributed by atoms with Crippen LogP contribution in [0.1, 0.15) is 5.56 Å². The molecule has 3 nitrogen and oxygen atoms in total. The number of benzene rings is 2. The summed E-state index contributed by atoms with van der Waals surface area (Å²) in [7, 11) is -3.59. The van der Waals surface area contributed by atoms with Crippen molar-refractivity contribution in [2.45, 2.75) is 5.75 Å². The Bertz CT molecular complexity index is 520. The zero-order valence-corrected chi connectivity index (χ0v) is 9.93. The summed E-state index contributed by atoms with van der Waals surface area (Å²) in [6, 6.07) is 17.4. The van der Waals surface area contributed by atoms with Crippen LogP contribution in [-0.4, -0.2) is 38.0 Å². The van der Waals surface area contributed by atoms with Gasteiger partial charge in [-0.05, 0) is 17.7 Å². The Morgan fingerprint density at radius 2 is 1.33 bits per heavy atom. The summed E-state index contributed by atoms with van der Waals surface area (Å²) in [5, 5.41) is 0. The minimum atomic E-state index is -3.59. The molecule has 0 aliphatic heterocycles. The van der Waals surface area contributed by atoms with Crippen LogP contribution in [0.25, 0.3) is 0 Å². The van der Waals surface area contributed by atoms with E-state index in [0.29, 0.717) is 11.3 Å². The van der Waals surface area contributed by atoms with E-state index in [1.807, 2.05) is 6.07 Å². The summed E-state index contributed by atoms with van der Waals surface area (Å²) in [4.78, 5) is 0. The van der Waals surface area contributed by atoms with E-state index in [9.17, 15) is 8.42 Å². The Hall–Kier alpha value is -0.810. The summed E-state index contributed by atoms with van der Waals surface area (Å²) >= 11 is 0. The summed E-state index contributed by atoms with van der Waals surface area (Å²) < 4.78 is 28.5. The van der Waals surface area contributed by atoms with Gasteiger partial charge in [0, 0.05) is 0 Å². The van der Waals surface area contributed by atoms with Gasteiger partial charge in [-0.15, -0.1) is 0 Å². The third-order valence-corrected chi connectivity index (χ3v) is 3.29. The zero-order valence-electron chi connectivity index (χ0n) is 9.11. The van der Waals surface area contributed by atoms with Crippen LogP contribution >= 0.6 is 0 Å². The first-order valence-electron chi connectivity index (χ1n) is 5.17. The fourth-order valence-electron chi connectivity index (χ4n) is 1.43. The van der Waals surface area contributed by atoms with Crippen molar-refractivity contribution in [1.82, 2.24) is 0 Å². The second-order valence-electron chi connectivity index (χ2n) is 3.58. The molecular weight excluding hydrogens is 259 g/mol. The minimum absolute atomic E-state index is 0. The molecule has 0 aliphatic carbocycles. The van der Waals surface area contributed by atoms with E-state index in [1.165, 1.54) is 0 Å². The van der Waals surface area contributed by atoms with Gasteiger partial charge in [-0.3, -0.25) is 0 Å². The van der Waals surface area contributed by atoms with Crippen molar-refractivity contribution in [2.75, 3.05) is 0 Å². The number of hydrogen-bond acceptors (Lipinski definition) is 3. The van der Waals surface area contributed by atoms with E-state index in [4.69, 9.17) is 4.18 Å². The van der Waals surface area contributed by atoms with Crippen LogP contribution in [-0.2, 0) is 15.9 Å². The Kier molecular flexibility index (Phi) is 5.88. The second kappa shape index (κ2) is 6.95. The van der Waals surface area contributed by atoms with E-state index >= 15 is 0 Å². The Morgan fingerprint density at radius 3 is 1.89 bits per heavy atom.